The van der Waals surface area contributed by atoms with Crippen molar-refractivity contribution in [3.05, 3.63) is 12.3 Å². The van der Waals surface area contributed by atoms with Gasteiger partial charge in [-0.2, -0.15) is 0 Å². The Kier molecular flexibility index (Phi) is 11.4. The Hall–Kier alpha value is -0.320. The number of hydrogen-bond donors (Lipinski definition) is 1. The van der Waals surface area contributed by atoms with E-state index in [4.69, 9.17) is 0 Å². The number of nitrogens with one attached hydrogen (secondary N) is 1. The molecule has 0 aromatic heterocycles. The Morgan fingerprint density at radius 1 is 1.54 bits per heavy atom. The summed E-state index contributed by atoms with van der Waals surface area (Å²) >= 11 is 0. The fourth-order valence-corrected chi connectivity index (χ4v) is 0.553. The van der Waals surface area contributed by atoms with Gasteiger partial charge in [-0.1, -0.05) is 13.8 Å². The average Bonchev–Trinajstić information content (AvgIpc) is 1.97. The maximum atomic E-state index is 10.8. The van der Waals surface area contributed by atoms with E-state index in [1.165, 1.54) is 12.3 Å². The van der Waals surface area contributed by atoms with Crippen LogP contribution in [0, 0.1) is 5.92 Å². The van der Waals surface area contributed by atoms with Crippen LogP contribution in [0.5, 0.6) is 0 Å². The molecule has 0 rings (SSSR count). The third kappa shape index (κ3) is 11.7. The monoisotopic (exact) mass is 195 g/mol. The van der Waals surface area contributed by atoms with Crippen molar-refractivity contribution in [2.45, 2.75) is 20.3 Å². The van der Waals surface area contributed by atoms with E-state index in [0.29, 0.717) is 12.7 Å². The van der Waals surface area contributed by atoms with Crippen molar-refractivity contribution < 1.29 is 14.4 Å². The summed E-state index contributed by atoms with van der Waals surface area (Å²) in [6.45, 7) is 3.84. The topological polar surface area (TPSA) is 55.4 Å². The molecular formula is C8H14NNaO3. The van der Waals surface area contributed by atoms with Crippen LogP contribution in [0.4, 0.5) is 0 Å². The van der Waals surface area contributed by atoms with Gasteiger partial charge in [0, 0.05) is 6.20 Å². The van der Waals surface area contributed by atoms with Crippen LogP contribution in [0.15, 0.2) is 12.3 Å². The molecule has 0 aromatic carbocycles. The van der Waals surface area contributed by atoms with Gasteiger partial charge in [0.05, 0.1) is 6.42 Å². The number of hydroxylamine groups is 1. The predicted octanol–water partition coefficient (Wildman–Crippen LogP) is 0.144. The molecule has 0 saturated carbocycles. The van der Waals surface area contributed by atoms with Gasteiger partial charge in [0.25, 0.3) is 0 Å². The number of allylic oxidation sites excluding steroid dienone is 1. The Morgan fingerprint density at radius 3 is 2.62 bits per heavy atom. The van der Waals surface area contributed by atoms with Crippen LogP contribution in [0.25, 0.3) is 0 Å². The number of carbonyl (C=O) groups excluding carboxylic acids is 2. The van der Waals surface area contributed by atoms with Crippen molar-refractivity contribution in [2.75, 3.05) is 0 Å². The fraction of sp³-hybridized carbons (Fsp3) is 0.500. The standard InChI is InChI=1S/C8H13NO3.Na.H/c1-7(2)6-8(11)12-9-4-3-5-10;;/h3-5,7,9H,6H2,1-2H3;;. The molecule has 0 atom stereocenters. The molecule has 5 heteroatoms. The summed E-state index contributed by atoms with van der Waals surface area (Å²) in [4.78, 5) is 25.1. The molecule has 70 valence electrons. The Bertz CT molecular complexity index is 180. The number of aldehydes is 1. The van der Waals surface area contributed by atoms with Gasteiger partial charge in [0.2, 0.25) is 0 Å². The van der Waals surface area contributed by atoms with Crippen molar-refractivity contribution >= 4 is 41.8 Å². The Labute approximate surface area is 100.0 Å². The van der Waals surface area contributed by atoms with Crippen LogP contribution in [0.1, 0.15) is 20.3 Å². The molecule has 0 radical (unpaired) electrons. The van der Waals surface area contributed by atoms with E-state index in [2.05, 4.69) is 10.3 Å². The molecule has 0 fully saturated rings. The maximum absolute atomic E-state index is 10.8. The van der Waals surface area contributed by atoms with Crippen LogP contribution in [0.3, 0.4) is 0 Å². The summed E-state index contributed by atoms with van der Waals surface area (Å²) in [5.41, 5.74) is 2.23. The molecule has 0 bridgehead atoms. The molecule has 0 amide bonds. The number of rotatable bonds is 5. The number of carbonyl (C=O) groups is 2. The first-order valence-corrected chi connectivity index (χ1v) is 3.72. The fourth-order valence-electron chi connectivity index (χ4n) is 0.553. The first-order valence-electron chi connectivity index (χ1n) is 3.72. The Balaban J connectivity index is 0. The van der Waals surface area contributed by atoms with Gasteiger partial charge in [0.15, 0.2) is 0 Å². The van der Waals surface area contributed by atoms with Crippen LogP contribution in [0.2, 0.25) is 0 Å². The number of hydrogen-bond acceptors (Lipinski definition) is 4. The summed E-state index contributed by atoms with van der Waals surface area (Å²) in [5, 5.41) is 0. The quantitative estimate of drug-likeness (QED) is 0.293. The SMILES string of the molecule is CC(C)CC(=O)ONC=CC=O.[NaH]. The zero-order valence-corrected chi connectivity index (χ0v) is 7.24. The zero-order valence-electron chi connectivity index (χ0n) is 7.24. The molecule has 0 aliphatic heterocycles. The predicted molar refractivity (Wildman–Crippen MR) is 51.0 cm³/mol. The van der Waals surface area contributed by atoms with Gasteiger partial charge in [-0.05, 0) is 12.0 Å². The van der Waals surface area contributed by atoms with E-state index >= 15 is 0 Å². The molecule has 13 heavy (non-hydrogen) atoms. The summed E-state index contributed by atoms with van der Waals surface area (Å²) in [6.07, 6.45) is 3.40. The van der Waals surface area contributed by atoms with E-state index in [1.807, 2.05) is 13.8 Å². The average molecular weight is 195 g/mol. The first-order chi connectivity index (χ1) is 5.66. The van der Waals surface area contributed by atoms with Gasteiger partial charge in [-0.3, -0.25) is 4.79 Å². The van der Waals surface area contributed by atoms with Gasteiger partial charge in [-0.15, -0.1) is 0 Å². The van der Waals surface area contributed by atoms with Crippen molar-refractivity contribution in [1.29, 1.82) is 0 Å². The van der Waals surface area contributed by atoms with Gasteiger partial charge in [-0.25, -0.2) is 10.3 Å². The van der Waals surface area contributed by atoms with E-state index in [9.17, 15) is 9.59 Å². The van der Waals surface area contributed by atoms with Crippen molar-refractivity contribution in [3.63, 3.8) is 0 Å². The Morgan fingerprint density at radius 2 is 2.15 bits per heavy atom. The van der Waals surface area contributed by atoms with E-state index in [0.717, 1.165) is 0 Å². The van der Waals surface area contributed by atoms with Crippen LogP contribution < -0.4 is 5.48 Å². The molecule has 0 aromatic rings. The normalized spacial score (nSPS) is 9.46. The summed E-state index contributed by atoms with van der Waals surface area (Å²) in [7, 11) is 0. The molecule has 1 N–H and O–H groups in total. The summed E-state index contributed by atoms with van der Waals surface area (Å²) < 4.78 is 0. The molecule has 0 heterocycles. The molecule has 0 aliphatic carbocycles. The van der Waals surface area contributed by atoms with Gasteiger partial charge in [0.1, 0.15) is 6.29 Å². The second kappa shape index (κ2) is 9.77. The van der Waals surface area contributed by atoms with E-state index in [1.54, 1.807) is 0 Å². The first kappa shape index (κ1) is 15.2. The second-order valence-electron chi connectivity index (χ2n) is 2.69. The van der Waals surface area contributed by atoms with Gasteiger partial charge >= 0.3 is 35.5 Å². The molecule has 0 unspecified atom stereocenters. The third-order valence-corrected chi connectivity index (χ3v) is 0.991. The summed E-state index contributed by atoms with van der Waals surface area (Å²) in [5.74, 6) is -0.0603. The van der Waals surface area contributed by atoms with Crippen molar-refractivity contribution in [1.82, 2.24) is 5.48 Å². The molecule has 0 saturated heterocycles. The molecule has 0 aliphatic rings. The minimum atomic E-state index is -0.333. The van der Waals surface area contributed by atoms with Crippen LogP contribution in [-0.2, 0) is 14.4 Å². The zero-order chi connectivity index (χ0) is 9.40. The van der Waals surface area contributed by atoms with Crippen molar-refractivity contribution in [3.8, 4) is 0 Å². The van der Waals surface area contributed by atoms with Gasteiger partial charge < -0.3 is 4.84 Å². The van der Waals surface area contributed by atoms with E-state index in [-0.39, 0.29) is 41.4 Å². The van der Waals surface area contributed by atoms with E-state index < -0.39 is 0 Å². The molecule has 4 nitrogen and oxygen atoms in total. The molecular weight excluding hydrogens is 181 g/mol. The molecule has 0 spiro atoms. The van der Waals surface area contributed by atoms with Crippen molar-refractivity contribution in [2.24, 2.45) is 5.92 Å². The third-order valence-electron chi connectivity index (χ3n) is 0.991. The second-order valence-corrected chi connectivity index (χ2v) is 2.69. The van der Waals surface area contributed by atoms with Crippen LogP contribution >= 0.6 is 0 Å². The summed E-state index contributed by atoms with van der Waals surface area (Å²) in [6, 6.07) is 0. The van der Waals surface area contributed by atoms with Crippen LogP contribution in [-0.4, -0.2) is 41.8 Å². The minimum absolute atomic E-state index is 0.